The second-order valence-electron chi connectivity index (χ2n) is 9.07. The van der Waals surface area contributed by atoms with E-state index in [2.05, 4.69) is 84.4 Å². The first-order valence-electron chi connectivity index (χ1n) is 8.98. The lowest BCUT2D eigenvalue weighted by Gasteiger charge is -2.31. The monoisotopic (exact) mass is 361 g/mol. The molecule has 0 saturated heterocycles. The van der Waals surface area contributed by atoms with Crippen molar-refractivity contribution in [2.75, 3.05) is 7.11 Å². The Morgan fingerprint density at radius 1 is 1.16 bits per heavy atom. The van der Waals surface area contributed by atoms with Crippen molar-refractivity contribution in [2.24, 2.45) is 10.8 Å². The molecule has 4 heteroatoms. The molecular formula is C21H34N2OP+. The van der Waals surface area contributed by atoms with Crippen LogP contribution < -0.4 is 14.6 Å². The first kappa shape index (κ1) is 20.0. The van der Waals surface area contributed by atoms with E-state index in [9.17, 15) is 0 Å². The van der Waals surface area contributed by atoms with Crippen LogP contribution in [0, 0.1) is 17.8 Å². The number of aromatic nitrogens is 2. The summed E-state index contributed by atoms with van der Waals surface area (Å²) in [5.41, 5.74) is 1.81. The largest absolute Gasteiger partial charge is 0.496 e. The Labute approximate surface area is 155 Å². The fourth-order valence-corrected chi connectivity index (χ4v) is 4.23. The van der Waals surface area contributed by atoms with Crippen LogP contribution in [0.25, 0.3) is 0 Å². The van der Waals surface area contributed by atoms with E-state index >= 15 is 0 Å². The van der Waals surface area contributed by atoms with Crippen molar-refractivity contribution in [3.63, 3.8) is 0 Å². The van der Waals surface area contributed by atoms with Gasteiger partial charge in [0.25, 0.3) is 5.82 Å². The topological polar surface area (TPSA) is 18.0 Å². The number of nitrogens with zero attached hydrogens (tertiary/aromatic N) is 2. The van der Waals surface area contributed by atoms with Crippen molar-refractivity contribution >= 4 is 14.5 Å². The van der Waals surface area contributed by atoms with Crippen LogP contribution in [0.2, 0.25) is 0 Å². The van der Waals surface area contributed by atoms with Crippen LogP contribution >= 0.6 is 9.24 Å². The summed E-state index contributed by atoms with van der Waals surface area (Å²) in [6.07, 6.45) is 5.58. The van der Waals surface area contributed by atoms with E-state index in [1.54, 1.807) is 7.11 Å². The zero-order chi connectivity index (χ0) is 18.8. The highest BCUT2D eigenvalue weighted by Gasteiger charge is 2.29. The van der Waals surface area contributed by atoms with Gasteiger partial charge in [0.05, 0.1) is 13.7 Å². The number of imidazole rings is 1. The van der Waals surface area contributed by atoms with E-state index in [0.29, 0.717) is 5.41 Å². The minimum absolute atomic E-state index is 0.261. The minimum Gasteiger partial charge on any atom is -0.496 e. The number of methoxy groups -OCH3 is 1. The lowest BCUT2D eigenvalue weighted by molar-refractivity contribution is -0.694. The average molecular weight is 361 g/mol. The fraction of sp³-hybridized carbons (Fsp3) is 0.571. The molecule has 3 nitrogen and oxygen atoms in total. The van der Waals surface area contributed by atoms with Crippen LogP contribution in [0.5, 0.6) is 5.75 Å². The highest BCUT2D eigenvalue weighted by atomic mass is 31.0. The van der Waals surface area contributed by atoms with Gasteiger partial charge in [-0.1, -0.05) is 40.7 Å². The van der Waals surface area contributed by atoms with Crippen LogP contribution in [0.3, 0.4) is 0 Å². The molecular weight excluding hydrogens is 327 g/mol. The Kier molecular flexibility index (Phi) is 5.99. The summed E-state index contributed by atoms with van der Waals surface area (Å²) < 4.78 is 10.2. The lowest BCUT2D eigenvalue weighted by Crippen LogP contribution is -2.37. The van der Waals surface area contributed by atoms with Gasteiger partial charge in [-0.2, -0.15) is 0 Å². The van der Waals surface area contributed by atoms with Gasteiger partial charge in [0.2, 0.25) is 0 Å². The van der Waals surface area contributed by atoms with Crippen molar-refractivity contribution in [2.45, 2.75) is 61.1 Å². The van der Waals surface area contributed by atoms with Crippen molar-refractivity contribution in [3.05, 3.63) is 42.0 Å². The van der Waals surface area contributed by atoms with Crippen molar-refractivity contribution in [3.8, 4) is 5.75 Å². The quantitative estimate of drug-likeness (QED) is 0.559. The van der Waals surface area contributed by atoms with E-state index in [1.165, 1.54) is 23.1 Å². The standard InChI is InChI=1S/C21H34N2OP/c1-16-22(13-17-12-18(25)8-9-19(17)24-7)10-11-23(16)15-21(5,6)14-20(2,3)4/h8-12H,13-15,25H2,1-7H3/q+1. The zero-order valence-corrected chi connectivity index (χ0v) is 18.0. The van der Waals surface area contributed by atoms with E-state index in [4.69, 9.17) is 4.74 Å². The molecule has 0 aliphatic heterocycles. The van der Waals surface area contributed by atoms with Crippen LogP contribution in [0.15, 0.2) is 30.6 Å². The Hall–Kier alpha value is -1.34. The summed E-state index contributed by atoms with van der Waals surface area (Å²) in [7, 11) is 4.50. The second kappa shape index (κ2) is 7.50. The van der Waals surface area contributed by atoms with Gasteiger partial charge in [-0.15, -0.1) is 9.24 Å². The summed E-state index contributed by atoms with van der Waals surface area (Å²) in [5.74, 6) is 2.22. The fourth-order valence-electron chi connectivity index (χ4n) is 3.93. The SMILES string of the molecule is COc1ccc(P)cc1C[n+]1ccn(CC(C)(C)CC(C)(C)C)c1C. The summed E-state index contributed by atoms with van der Waals surface area (Å²) in [5, 5.41) is 1.18. The predicted octanol–water partition coefficient (Wildman–Crippen LogP) is 4.10. The highest BCUT2D eigenvalue weighted by molar-refractivity contribution is 7.27. The van der Waals surface area contributed by atoms with Crippen LogP contribution in [-0.2, 0) is 13.1 Å². The Bertz CT molecular complexity index is 726. The first-order chi connectivity index (χ1) is 11.5. The molecule has 1 atom stereocenters. The summed E-state index contributed by atoms with van der Waals surface area (Å²) in [6.45, 7) is 15.7. The third kappa shape index (κ3) is 5.57. The van der Waals surface area contributed by atoms with E-state index in [1.807, 2.05) is 6.07 Å². The van der Waals surface area contributed by atoms with Crippen LogP contribution in [-0.4, -0.2) is 11.7 Å². The molecule has 0 saturated carbocycles. The molecule has 2 aromatic rings. The van der Waals surface area contributed by atoms with Gasteiger partial charge in [0, 0.05) is 17.9 Å². The van der Waals surface area contributed by atoms with Crippen LogP contribution in [0.1, 0.15) is 52.4 Å². The number of rotatable bonds is 6. The number of ether oxygens (including phenoxy) is 1. The molecule has 0 bridgehead atoms. The normalized spacial score (nSPS) is 12.5. The molecule has 1 aromatic heterocycles. The van der Waals surface area contributed by atoms with E-state index < -0.39 is 0 Å². The molecule has 0 aliphatic carbocycles. The maximum Gasteiger partial charge on any atom is 0.253 e. The molecule has 1 aromatic carbocycles. The molecule has 25 heavy (non-hydrogen) atoms. The van der Waals surface area contributed by atoms with E-state index in [0.717, 1.165) is 18.8 Å². The van der Waals surface area contributed by atoms with Crippen LogP contribution in [0.4, 0.5) is 0 Å². The number of hydrogen-bond donors (Lipinski definition) is 0. The van der Waals surface area contributed by atoms with Crippen molar-refractivity contribution in [1.29, 1.82) is 0 Å². The van der Waals surface area contributed by atoms with Gasteiger partial charge in [-0.3, -0.25) is 0 Å². The molecule has 1 heterocycles. The zero-order valence-electron chi connectivity index (χ0n) is 16.9. The van der Waals surface area contributed by atoms with Crippen molar-refractivity contribution in [1.82, 2.24) is 4.57 Å². The van der Waals surface area contributed by atoms with E-state index in [-0.39, 0.29) is 5.41 Å². The molecule has 0 aliphatic rings. The smallest absolute Gasteiger partial charge is 0.253 e. The highest BCUT2D eigenvalue weighted by Crippen LogP contribution is 2.34. The molecule has 0 fully saturated rings. The average Bonchev–Trinajstić information content (AvgIpc) is 2.77. The Morgan fingerprint density at radius 3 is 2.44 bits per heavy atom. The first-order valence-corrected chi connectivity index (χ1v) is 9.56. The summed E-state index contributed by atoms with van der Waals surface area (Å²) in [6, 6.07) is 6.28. The Balaban J connectivity index is 2.20. The third-order valence-electron chi connectivity index (χ3n) is 4.51. The molecule has 2 rings (SSSR count). The van der Waals surface area contributed by atoms with Gasteiger partial charge in [0.1, 0.15) is 24.7 Å². The van der Waals surface area contributed by atoms with Gasteiger partial charge in [-0.05, 0) is 29.3 Å². The third-order valence-corrected chi connectivity index (χ3v) is 4.87. The lowest BCUT2D eigenvalue weighted by atomic mass is 9.76. The number of hydrogen-bond acceptors (Lipinski definition) is 1. The maximum atomic E-state index is 5.53. The second-order valence-corrected chi connectivity index (χ2v) is 9.74. The molecule has 0 N–H and O–H groups in total. The van der Waals surface area contributed by atoms with Gasteiger partial charge in [-0.25, -0.2) is 9.13 Å². The van der Waals surface area contributed by atoms with Crippen molar-refractivity contribution < 1.29 is 9.30 Å². The molecule has 1 unspecified atom stereocenters. The molecule has 0 spiro atoms. The summed E-state index contributed by atoms with van der Waals surface area (Å²) in [4.78, 5) is 0. The van der Waals surface area contributed by atoms with Gasteiger partial charge in [0.15, 0.2) is 0 Å². The predicted molar refractivity (Wildman–Crippen MR) is 109 cm³/mol. The molecule has 0 amide bonds. The molecule has 138 valence electrons. The number of benzene rings is 1. The molecule has 0 radical (unpaired) electrons. The van der Waals surface area contributed by atoms with Gasteiger partial charge < -0.3 is 4.74 Å². The summed E-state index contributed by atoms with van der Waals surface area (Å²) >= 11 is 0. The maximum absolute atomic E-state index is 5.53. The Morgan fingerprint density at radius 2 is 1.84 bits per heavy atom. The minimum atomic E-state index is 0.261. The van der Waals surface area contributed by atoms with Gasteiger partial charge >= 0.3 is 0 Å².